The van der Waals surface area contributed by atoms with Gasteiger partial charge >= 0.3 is 0 Å². The van der Waals surface area contributed by atoms with Gasteiger partial charge in [-0.05, 0) is 24.3 Å². The molecule has 2 aromatic heterocycles. The molecule has 0 aliphatic carbocycles. The van der Waals surface area contributed by atoms with Gasteiger partial charge in [-0.25, -0.2) is 9.97 Å². The maximum absolute atomic E-state index is 12.9. The van der Waals surface area contributed by atoms with Gasteiger partial charge in [0, 0.05) is 51.0 Å². The zero-order valence-electron chi connectivity index (χ0n) is 16.0. The summed E-state index contributed by atoms with van der Waals surface area (Å²) >= 11 is 1.56. The predicted molar refractivity (Wildman–Crippen MR) is 113 cm³/mol. The summed E-state index contributed by atoms with van der Waals surface area (Å²) in [6.45, 7) is 5.92. The Bertz CT molecular complexity index is 1010. The number of nitrogens with zero attached hydrogens (tertiary/aromatic N) is 6. The highest BCUT2D eigenvalue weighted by atomic mass is 32.1. The summed E-state index contributed by atoms with van der Waals surface area (Å²) in [5.74, 6) is 1.75. The van der Waals surface area contributed by atoms with Gasteiger partial charge in [0.2, 0.25) is 5.95 Å². The largest absolute Gasteiger partial charge is 0.378 e. The zero-order chi connectivity index (χ0) is 19.6. The van der Waals surface area contributed by atoms with Gasteiger partial charge in [0.15, 0.2) is 0 Å². The number of morpholine rings is 1. The number of carbonyl (C=O) groups is 1. The lowest BCUT2D eigenvalue weighted by Gasteiger charge is -2.36. The minimum Gasteiger partial charge on any atom is -0.378 e. The van der Waals surface area contributed by atoms with Gasteiger partial charge < -0.3 is 19.4 Å². The normalized spacial score (nSPS) is 17.7. The number of fused-ring (bicyclic) bond motifs is 1. The molecule has 0 saturated carbocycles. The van der Waals surface area contributed by atoms with Crippen molar-refractivity contribution in [1.29, 1.82) is 0 Å². The molecule has 0 unspecified atom stereocenters. The maximum atomic E-state index is 12.9. The minimum absolute atomic E-state index is 0.0802. The summed E-state index contributed by atoms with van der Waals surface area (Å²) in [6.07, 6.45) is 1.81. The van der Waals surface area contributed by atoms with Gasteiger partial charge in [0.05, 0.1) is 28.9 Å². The van der Waals surface area contributed by atoms with Gasteiger partial charge in [-0.15, -0.1) is 11.3 Å². The van der Waals surface area contributed by atoms with E-state index < -0.39 is 0 Å². The summed E-state index contributed by atoms with van der Waals surface area (Å²) in [5.41, 5.74) is 3.48. The lowest BCUT2D eigenvalue weighted by Crippen LogP contribution is -2.49. The smallest absolute Gasteiger partial charge is 0.254 e. The van der Waals surface area contributed by atoms with Crippen molar-refractivity contribution in [3.05, 3.63) is 41.5 Å². The fourth-order valence-corrected chi connectivity index (χ4v) is 4.46. The zero-order valence-corrected chi connectivity index (χ0v) is 16.8. The molecular weight excluding hydrogens is 388 g/mol. The first-order valence-corrected chi connectivity index (χ1v) is 10.7. The number of carbonyl (C=O) groups excluding carboxylic acids is 1. The number of benzene rings is 1. The van der Waals surface area contributed by atoms with Crippen LogP contribution in [0.15, 0.2) is 36.0 Å². The van der Waals surface area contributed by atoms with Crippen LogP contribution in [-0.2, 0) is 4.74 Å². The average molecular weight is 411 g/mol. The number of anilines is 2. The van der Waals surface area contributed by atoms with Crippen LogP contribution in [-0.4, -0.2) is 78.2 Å². The Kier molecular flexibility index (Phi) is 4.99. The average Bonchev–Trinajstić information content (AvgIpc) is 3.27. The van der Waals surface area contributed by atoms with E-state index in [1.165, 1.54) is 0 Å². The topological polar surface area (TPSA) is 74.7 Å². The van der Waals surface area contributed by atoms with Crippen molar-refractivity contribution in [3.63, 3.8) is 0 Å². The van der Waals surface area contributed by atoms with E-state index in [0.29, 0.717) is 26.3 Å². The Morgan fingerprint density at radius 2 is 1.79 bits per heavy atom. The Labute approximate surface area is 172 Å². The number of hydrogen-bond donors (Lipinski definition) is 0. The van der Waals surface area contributed by atoms with Gasteiger partial charge in [-0.2, -0.15) is 4.98 Å². The molecule has 2 fully saturated rings. The van der Waals surface area contributed by atoms with E-state index in [0.717, 1.165) is 53.7 Å². The molecule has 0 N–H and O–H groups in total. The van der Waals surface area contributed by atoms with Gasteiger partial charge in [0.25, 0.3) is 5.91 Å². The molecule has 2 aliphatic heterocycles. The third-order valence-electron chi connectivity index (χ3n) is 5.39. The van der Waals surface area contributed by atoms with Crippen LogP contribution < -0.4 is 9.80 Å². The predicted octanol–water partition coefficient (Wildman–Crippen LogP) is 1.89. The molecule has 3 aromatic rings. The highest BCUT2D eigenvalue weighted by Crippen LogP contribution is 2.22. The molecule has 1 amide bonds. The summed E-state index contributed by atoms with van der Waals surface area (Å²) in [7, 11) is 0. The SMILES string of the molecule is O=C(c1ccc2ncsc2c1)N1CCN(c2ccnc(N3CCOCC3)n2)CC1. The standard InChI is InChI=1S/C20H22N6O2S/c27-19(15-1-2-16-17(13-15)29-14-22-16)25-7-5-24(6-8-25)18-3-4-21-20(23-18)26-9-11-28-12-10-26/h1-4,13-14H,5-12H2. The molecule has 1 aromatic carbocycles. The van der Waals surface area contributed by atoms with Gasteiger partial charge in [-0.3, -0.25) is 4.79 Å². The van der Waals surface area contributed by atoms with E-state index in [4.69, 9.17) is 9.72 Å². The van der Waals surface area contributed by atoms with Crippen molar-refractivity contribution in [2.24, 2.45) is 0 Å². The van der Waals surface area contributed by atoms with E-state index in [1.807, 2.05) is 40.9 Å². The third-order valence-corrected chi connectivity index (χ3v) is 6.18. The number of piperazine rings is 1. The van der Waals surface area contributed by atoms with E-state index in [1.54, 1.807) is 11.3 Å². The molecular formula is C20H22N6O2S. The molecule has 150 valence electrons. The molecule has 5 rings (SSSR count). The summed E-state index contributed by atoms with van der Waals surface area (Å²) in [5, 5.41) is 0. The van der Waals surface area contributed by atoms with Gasteiger partial charge in [0.1, 0.15) is 5.82 Å². The highest BCUT2D eigenvalue weighted by molar-refractivity contribution is 7.16. The van der Waals surface area contributed by atoms with Crippen LogP contribution in [0.5, 0.6) is 0 Å². The first kappa shape index (κ1) is 18.3. The summed E-state index contributed by atoms with van der Waals surface area (Å²) in [4.78, 5) is 32.7. The van der Waals surface area contributed by atoms with Crippen molar-refractivity contribution in [2.45, 2.75) is 0 Å². The summed E-state index contributed by atoms with van der Waals surface area (Å²) in [6, 6.07) is 7.68. The molecule has 9 heteroatoms. The minimum atomic E-state index is 0.0802. The van der Waals surface area contributed by atoms with Crippen LogP contribution >= 0.6 is 11.3 Å². The van der Waals surface area contributed by atoms with Crippen LogP contribution in [0.25, 0.3) is 10.2 Å². The Morgan fingerprint density at radius 3 is 2.62 bits per heavy atom. The molecule has 0 spiro atoms. The van der Waals surface area contributed by atoms with Crippen LogP contribution in [0.1, 0.15) is 10.4 Å². The Morgan fingerprint density at radius 1 is 0.966 bits per heavy atom. The number of rotatable bonds is 3. The second kappa shape index (κ2) is 7.92. The molecule has 0 bridgehead atoms. The summed E-state index contributed by atoms with van der Waals surface area (Å²) < 4.78 is 6.46. The van der Waals surface area contributed by atoms with E-state index in [9.17, 15) is 4.79 Å². The molecule has 29 heavy (non-hydrogen) atoms. The molecule has 0 atom stereocenters. The fraction of sp³-hybridized carbons (Fsp3) is 0.400. The Hall–Kier alpha value is -2.78. The molecule has 0 radical (unpaired) electrons. The first-order valence-electron chi connectivity index (χ1n) is 9.81. The van der Waals surface area contributed by atoms with Crippen LogP contribution in [0.3, 0.4) is 0 Å². The van der Waals surface area contributed by atoms with Crippen LogP contribution in [0.2, 0.25) is 0 Å². The molecule has 4 heterocycles. The number of ether oxygens (including phenoxy) is 1. The lowest BCUT2D eigenvalue weighted by atomic mass is 10.1. The first-order chi connectivity index (χ1) is 14.3. The van der Waals surface area contributed by atoms with Crippen molar-refractivity contribution in [2.75, 3.05) is 62.3 Å². The third kappa shape index (κ3) is 3.75. The number of aromatic nitrogens is 3. The molecule has 2 aliphatic rings. The maximum Gasteiger partial charge on any atom is 0.254 e. The second-order valence-corrected chi connectivity index (χ2v) is 8.01. The van der Waals surface area contributed by atoms with Crippen molar-refractivity contribution in [1.82, 2.24) is 19.9 Å². The van der Waals surface area contributed by atoms with E-state index in [-0.39, 0.29) is 5.91 Å². The number of thiazole rings is 1. The quantitative estimate of drug-likeness (QED) is 0.653. The monoisotopic (exact) mass is 410 g/mol. The van der Waals surface area contributed by atoms with Crippen LogP contribution in [0.4, 0.5) is 11.8 Å². The van der Waals surface area contributed by atoms with Crippen molar-refractivity contribution < 1.29 is 9.53 Å². The number of hydrogen-bond acceptors (Lipinski definition) is 8. The van der Waals surface area contributed by atoms with Crippen molar-refractivity contribution >= 4 is 39.2 Å². The van der Waals surface area contributed by atoms with E-state index >= 15 is 0 Å². The van der Waals surface area contributed by atoms with Crippen LogP contribution in [0, 0.1) is 0 Å². The molecule has 2 saturated heterocycles. The molecule has 8 nitrogen and oxygen atoms in total. The number of amides is 1. The second-order valence-electron chi connectivity index (χ2n) is 7.13. The van der Waals surface area contributed by atoms with Crippen molar-refractivity contribution in [3.8, 4) is 0 Å². The van der Waals surface area contributed by atoms with E-state index in [2.05, 4.69) is 19.8 Å². The van der Waals surface area contributed by atoms with Gasteiger partial charge in [-0.1, -0.05) is 0 Å². The lowest BCUT2D eigenvalue weighted by molar-refractivity contribution is 0.0746. The fourth-order valence-electron chi connectivity index (χ4n) is 3.74. The Balaban J connectivity index is 1.24. The highest BCUT2D eigenvalue weighted by Gasteiger charge is 2.24.